The summed E-state index contributed by atoms with van der Waals surface area (Å²) in [6.07, 6.45) is 4.49. The molecule has 0 atom stereocenters. The number of rotatable bonds is 9. The van der Waals surface area contributed by atoms with Gasteiger partial charge in [-0.05, 0) is 58.6 Å². The lowest BCUT2D eigenvalue weighted by Gasteiger charge is -2.34. The Kier molecular flexibility index (Phi) is 7.93. The monoisotopic (exact) mass is 573 g/mol. The lowest BCUT2D eigenvalue weighted by Crippen LogP contribution is -2.35. The Balaban J connectivity index is 1.43. The standard InChI is InChI=1S/C27H31F4N9O/c1-15-24(16(2)40(37-15)14-21(28)29)25-32-10-6-22(36-25)35-23-12-20(34-17-4-8-27(3,41)9-5-17)18(13-33-23)19-7-11-39(38-19)26(30)31/h6-7,10-13,17,21,26,41H,4-5,8-9,14H2,1-3H3,(H2,32,33,34,35,36). The Morgan fingerprint density at radius 2 is 1.83 bits per heavy atom. The van der Waals surface area contributed by atoms with E-state index in [0.29, 0.717) is 68.9 Å². The molecule has 1 aliphatic rings. The van der Waals surface area contributed by atoms with Crippen LogP contribution < -0.4 is 10.6 Å². The largest absolute Gasteiger partial charge is 0.390 e. The fourth-order valence-electron chi connectivity index (χ4n) is 5.05. The van der Waals surface area contributed by atoms with Crippen LogP contribution in [0.2, 0.25) is 0 Å². The molecule has 0 unspecified atom stereocenters. The van der Waals surface area contributed by atoms with Crippen LogP contribution in [-0.4, -0.2) is 57.7 Å². The molecule has 0 spiro atoms. The first-order valence-electron chi connectivity index (χ1n) is 13.2. The molecule has 0 saturated heterocycles. The van der Waals surface area contributed by atoms with Crippen LogP contribution in [0, 0.1) is 13.8 Å². The van der Waals surface area contributed by atoms with Gasteiger partial charge in [0.15, 0.2) is 5.82 Å². The second-order valence-corrected chi connectivity index (χ2v) is 10.5. The average molecular weight is 574 g/mol. The number of hydrogen-bond donors (Lipinski definition) is 3. The average Bonchev–Trinajstić information content (AvgIpc) is 3.50. The molecule has 4 heterocycles. The SMILES string of the molecule is Cc1nn(CC(F)F)c(C)c1-c1nccc(Nc2cc(NC3CCC(C)(O)CC3)c(-c3ccn(C(F)F)n3)cn2)n1. The van der Waals surface area contributed by atoms with Gasteiger partial charge in [0.1, 0.15) is 18.2 Å². The summed E-state index contributed by atoms with van der Waals surface area (Å²) in [5.74, 6) is 1.17. The zero-order chi connectivity index (χ0) is 29.3. The predicted molar refractivity (Wildman–Crippen MR) is 145 cm³/mol. The minimum atomic E-state index is -2.77. The Bertz CT molecular complexity index is 1510. The van der Waals surface area contributed by atoms with Crippen LogP contribution in [0.4, 0.5) is 34.9 Å². The van der Waals surface area contributed by atoms with Crippen molar-refractivity contribution in [1.82, 2.24) is 34.5 Å². The van der Waals surface area contributed by atoms with Gasteiger partial charge in [0.25, 0.3) is 6.43 Å². The number of anilines is 3. The van der Waals surface area contributed by atoms with E-state index in [9.17, 15) is 22.7 Å². The number of aliphatic hydroxyl groups is 1. The molecule has 14 heteroatoms. The number of pyridine rings is 1. The fourth-order valence-corrected chi connectivity index (χ4v) is 5.05. The number of halogens is 4. The smallest absolute Gasteiger partial charge is 0.333 e. The summed E-state index contributed by atoms with van der Waals surface area (Å²) in [5.41, 5.74) is 2.46. The van der Waals surface area contributed by atoms with E-state index in [-0.39, 0.29) is 6.04 Å². The van der Waals surface area contributed by atoms with E-state index in [1.54, 1.807) is 38.4 Å². The van der Waals surface area contributed by atoms with Crippen LogP contribution in [0.1, 0.15) is 50.5 Å². The van der Waals surface area contributed by atoms with Gasteiger partial charge in [-0.3, -0.25) is 4.68 Å². The fraction of sp³-hybridized carbons (Fsp3) is 0.444. The highest BCUT2D eigenvalue weighted by Gasteiger charge is 2.29. The van der Waals surface area contributed by atoms with Gasteiger partial charge in [0.2, 0.25) is 0 Å². The molecule has 0 aromatic carbocycles. The highest BCUT2D eigenvalue weighted by molar-refractivity contribution is 5.78. The number of alkyl halides is 4. The van der Waals surface area contributed by atoms with Gasteiger partial charge in [-0.1, -0.05) is 0 Å². The molecule has 1 saturated carbocycles. The predicted octanol–water partition coefficient (Wildman–Crippen LogP) is 5.72. The van der Waals surface area contributed by atoms with Gasteiger partial charge < -0.3 is 15.7 Å². The van der Waals surface area contributed by atoms with Crippen molar-refractivity contribution < 1.29 is 22.7 Å². The van der Waals surface area contributed by atoms with Crippen molar-refractivity contribution in [1.29, 1.82) is 0 Å². The van der Waals surface area contributed by atoms with Crippen molar-refractivity contribution in [3.63, 3.8) is 0 Å². The maximum Gasteiger partial charge on any atom is 0.333 e. The number of hydrogen-bond acceptors (Lipinski definition) is 8. The van der Waals surface area contributed by atoms with Gasteiger partial charge in [-0.2, -0.15) is 19.0 Å². The zero-order valence-electron chi connectivity index (χ0n) is 22.8. The van der Waals surface area contributed by atoms with Crippen molar-refractivity contribution in [2.24, 2.45) is 0 Å². The molecule has 10 nitrogen and oxygen atoms in total. The van der Waals surface area contributed by atoms with Crippen molar-refractivity contribution >= 4 is 17.3 Å². The third-order valence-corrected chi connectivity index (χ3v) is 7.24. The first-order valence-corrected chi connectivity index (χ1v) is 13.2. The van der Waals surface area contributed by atoms with Crippen LogP contribution in [-0.2, 0) is 6.54 Å². The van der Waals surface area contributed by atoms with Gasteiger partial charge in [0, 0.05) is 47.6 Å². The quantitative estimate of drug-likeness (QED) is 0.218. The van der Waals surface area contributed by atoms with Gasteiger partial charge >= 0.3 is 6.55 Å². The van der Waals surface area contributed by atoms with Gasteiger partial charge in [-0.25, -0.2) is 28.4 Å². The zero-order valence-corrected chi connectivity index (χ0v) is 22.8. The van der Waals surface area contributed by atoms with Crippen LogP contribution in [0.5, 0.6) is 0 Å². The first kappa shape index (κ1) is 28.5. The molecule has 5 rings (SSSR count). The molecule has 0 radical (unpaired) electrons. The normalized spacial score (nSPS) is 19.2. The summed E-state index contributed by atoms with van der Waals surface area (Å²) in [4.78, 5) is 13.4. The van der Waals surface area contributed by atoms with Crippen LogP contribution in [0.25, 0.3) is 22.6 Å². The Hall–Kier alpha value is -4.07. The lowest BCUT2D eigenvalue weighted by atomic mass is 9.83. The van der Waals surface area contributed by atoms with E-state index in [1.807, 2.05) is 6.92 Å². The van der Waals surface area contributed by atoms with E-state index >= 15 is 0 Å². The summed E-state index contributed by atoms with van der Waals surface area (Å²) in [6, 6.07) is 4.96. The highest BCUT2D eigenvalue weighted by atomic mass is 19.3. The van der Waals surface area contributed by atoms with E-state index in [2.05, 4.69) is 35.8 Å². The summed E-state index contributed by atoms with van der Waals surface area (Å²) in [6.45, 7) is 1.94. The third-order valence-electron chi connectivity index (χ3n) is 7.24. The molecule has 4 aromatic rings. The third kappa shape index (κ3) is 6.47. The minimum Gasteiger partial charge on any atom is -0.390 e. The summed E-state index contributed by atoms with van der Waals surface area (Å²) < 4.78 is 54.2. The maximum absolute atomic E-state index is 13.2. The summed E-state index contributed by atoms with van der Waals surface area (Å²) in [7, 11) is 0. The topological polar surface area (TPSA) is 119 Å². The number of nitrogens with zero attached hydrogens (tertiary/aromatic N) is 7. The Labute approximate surface area is 233 Å². The molecule has 3 N–H and O–H groups in total. The molecule has 41 heavy (non-hydrogen) atoms. The molecule has 0 aliphatic heterocycles. The molecular formula is C27H31F4N9O. The van der Waals surface area contributed by atoms with E-state index < -0.39 is 25.1 Å². The molecular weight excluding hydrogens is 542 g/mol. The second kappa shape index (κ2) is 11.4. The number of aryl methyl sites for hydroxylation is 1. The van der Waals surface area contributed by atoms with Crippen molar-refractivity contribution in [3.8, 4) is 22.6 Å². The van der Waals surface area contributed by atoms with Crippen LogP contribution in [0.15, 0.2) is 36.8 Å². The van der Waals surface area contributed by atoms with Crippen molar-refractivity contribution in [2.75, 3.05) is 10.6 Å². The van der Waals surface area contributed by atoms with E-state index in [1.165, 1.54) is 16.9 Å². The van der Waals surface area contributed by atoms with E-state index in [0.717, 1.165) is 12.8 Å². The summed E-state index contributed by atoms with van der Waals surface area (Å²) in [5, 5.41) is 25.2. The van der Waals surface area contributed by atoms with Crippen molar-refractivity contribution in [2.45, 2.75) is 77.6 Å². The second-order valence-electron chi connectivity index (χ2n) is 10.5. The van der Waals surface area contributed by atoms with E-state index in [4.69, 9.17) is 0 Å². The highest BCUT2D eigenvalue weighted by Crippen LogP contribution is 2.34. The number of aromatic nitrogens is 7. The van der Waals surface area contributed by atoms with Crippen LogP contribution in [0.3, 0.4) is 0 Å². The summed E-state index contributed by atoms with van der Waals surface area (Å²) >= 11 is 0. The first-order chi connectivity index (χ1) is 19.5. The molecule has 0 amide bonds. The molecule has 1 fully saturated rings. The maximum atomic E-state index is 13.2. The Morgan fingerprint density at radius 3 is 2.51 bits per heavy atom. The number of nitrogens with one attached hydrogen (secondary N) is 2. The molecule has 0 bridgehead atoms. The van der Waals surface area contributed by atoms with Crippen LogP contribution >= 0.6 is 0 Å². The lowest BCUT2D eigenvalue weighted by molar-refractivity contribution is 0.0196. The molecule has 1 aliphatic carbocycles. The Morgan fingerprint density at radius 1 is 1.07 bits per heavy atom. The van der Waals surface area contributed by atoms with Gasteiger partial charge in [-0.15, -0.1) is 0 Å². The molecule has 4 aromatic heterocycles. The molecule has 218 valence electrons. The van der Waals surface area contributed by atoms with Crippen molar-refractivity contribution in [3.05, 3.63) is 48.2 Å². The van der Waals surface area contributed by atoms with Gasteiger partial charge in [0.05, 0.1) is 22.6 Å². The minimum absolute atomic E-state index is 0.0581.